The normalized spacial score (nSPS) is 14.3. The summed E-state index contributed by atoms with van der Waals surface area (Å²) < 4.78 is 33.9. The molecule has 0 atom stereocenters. The number of benzene rings is 2. The predicted octanol–water partition coefficient (Wildman–Crippen LogP) is 5.00. The van der Waals surface area contributed by atoms with E-state index < -0.39 is 10.0 Å². The van der Waals surface area contributed by atoms with Crippen LogP contribution in [0, 0.1) is 20.8 Å². The summed E-state index contributed by atoms with van der Waals surface area (Å²) in [5, 5.41) is 2.77. The highest BCUT2D eigenvalue weighted by Crippen LogP contribution is 2.34. The van der Waals surface area contributed by atoms with Gasteiger partial charge in [0.2, 0.25) is 10.0 Å². The summed E-state index contributed by atoms with van der Waals surface area (Å²) in [5.41, 5.74) is 4.12. The SMILES string of the molecule is Cc1ccc(S(=O)(=O)N(Cc2csc(COc3cc(C)cc(C)c3)n2)C2CC2)cc1. The molecule has 1 heterocycles. The van der Waals surface area contributed by atoms with E-state index in [1.54, 1.807) is 16.4 Å². The first-order valence-electron chi connectivity index (χ1n) is 10.0. The fourth-order valence-electron chi connectivity index (χ4n) is 3.43. The number of aryl methyl sites for hydroxylation is 3. The van der Waals surface area contributed by atoms with Crippen LogP contribution in [0.1, 0.15) is 40.2 Å². The minimum absolute atomic E-state index is 0.0629. The van der Waals surface area contributed by atoms with Gasteiger partial charge in [-0.1, -0.05) is 23.8 Å². The zero-order valence-electron chi connectivity index (χ0n) is 17.5. The molecular formula is C23H26N2O3S2. The van der Waals surface area contributed by atoms with Gasteiger partial charge < -0.3 is 4.74 Å². The molecular weight excluding hydrogens is 416 g/mol. The molecule has 1 fully saturated rings. The fourth-order valence-corrected chi connectivity index (χ4v) is 5.78. The van der Waals surface area contributed by atoms with Crippen LogP contribution in [0.2, 0.25) is 0 Å². The quantitative estimate of drug-likeness (QED) is 0.493. The molecule has 1 aromatic heterocycles. The van der Waals surface area contributed by atoms with Crippen LogP contribution in [0.3, 0.4) is 0 Å². The Morgan fingerprint density at radius 2 is 1.70 bits per heavy atom. The lowest BCUT2D eigenvalue weighted by Gasteiger charge is -2.21. The monoisotopic (exact) mass is 442 g/mol. The predicted molar refractivity (Wildman–Crippen MR) is 119 cm³/mol. The van der Waals surface area contributed by atoms with Crippen LogP contribution in [-0.4, -0.2) is 23.7 Å². The number of hydrogen-bond donors (Lipinski definition) is 0. The van der Waals surface area contributed by atoms with E-state index in [4.69, 9.17) is 4.74 Å². The summed E-state index contributed by atoms with van der Waals surface area (Å²) in [7, 11) is -3.54. The lowest BCUT2D eigenvalue weighted by Crippen LogP contribution is -2.32. The fraction of sp³-hybridized carbons (Fsp3) is 0.348. The van der Waals surface area contributed by atoms with Crippen molar-refractivity contribution in [3.05, 3.63) is 75.2 Å². The minimum Gasteiger partial charge on any atom is -0.486 e. The zero-order chi connectivity index (χ0) is 21.3. The summed E-state index contributed by atoms with van der Waals surface area (Å²) in [6, 6.07) is 13.2. The van der Waals surface area contributed by atoms with Crippen molar-refractivity contribution in [3.8, 4) is 5.75 Å². The molecule has 0 aliphatic heterocycles. The van der Waals surface area contributed by atoms with Crippen LogP contribution in [-0.2, 0) is 23.2 Å². The summed E-state index contributed by atoms with van der Waals surface area (Å²) in [4.78, 5) is 4.97. The minimum atomic E-state index is -3.54. The molecule has 1 aliphatic rings. The van der Waals surface area contributed by atoms with E-state index in [1.165, 1.54) is 11.3 Å². The van der Waals surface area contributed by atoms with Crippen molar-refractivity contribution < 1.29 is 13.2 Å². The largest absolute Gasteiger partial charge is 0.486 e. The Hall–Kier alpha value is -2.22. The van der Waals surface area contributed by atoms with Crippen LogP contribution in [0.4, 0.5) is 0 Å². The van der Waals surface area contributed by atoms with Crippen molar-refractivity contribution in [2.75, 3.05) is 0 Å². The molecule has 0 amide bonds. The van der Waals surface area contributed by atoms with Crippen molar-refractivity contribution in [3.63, 3.8) is 0 Å². The maximum Gasteiger partial charge on any atom is 0.243 e. The second kappa shape index (κ2) is 8.49. The third-order valence-electron chi connectivity index (χ3n) is 5.06. The highest BCUT2D eigenvalue weighted by atomic mass is 32.2. The molecule has 0 N–H and O–H groups in total. The van der Waals surface area contributed by atoms with E-state index in [9.17, 15) is 8.42 Å². The third kappa shape index (κ3) is 4.91. The van der Waals surface area contributed by atoms with Gasteiger partial charge in [0.1, 0.15) is 17.4 Å². The molecule has 30 heavy (non-hydrogen) atoms. The van der Waals surface area contributed by atoms with Crippen molar-refractivity contribution in [2.45, 2.75) is 57.7 Å². The van der Waals surface area contributed by atoms with Gasteiger partial charge in [0.05, 0.1) is 17.1 Å². The molecule has 0 radical (unpaired) electrons. The highest BCUT2D eigenvalue weighted by molar-refractivity contribution is 7.89. The molecule has 4 rings (SSSR count). The van der Waals surface area contributed by atoms with Gasteiger partial charge in [0, 0.05) is 11.4 Å². The van der Waals surface area contributed by atoms with E-state index >= 15 is 0 Å². The number of nitrogens with zero attached hydrogens (tertiary/aromatic N) is 2. The van der Waals surface area contributed by atoms with Gasteiger partial charge in [-0.2, -0.15) is 4.31 Å². The average molecular weight is 443 g/mol. The Morgan fingerprint density at radius 3 is 2.33 bits per heavy atom. The summed E-state index contributed by atoms with van der Waals surface area (Å²) in [6.07, 6.45) is 1.80. The summed E-state index contributed by atoms with van der Waals surface area (Å²) in [6.45, 7) is 6.71. The number of rotatable bonds is 8. The molecule has 0 unspecified atom stereocenters. The standard InChI is InChI=1S/C23H26N2O3S2/c1-16-4-8-22(9-5-16)30(26,27)25(20-6-7-20)13-19-15-29-23(24-19)14-28-21-11-17(2)10-18(3)12-21/h4-5,8-12,15,20H,6-7,13-14H2,1-3H3. The van der Waals surface area contributed by atoms with Crippen molar-refractivity contribution in [2.24, 2.45) is 0 Å². The van der Waals surface area contributed by atoms with Gasteiger partial charge >= 0.3 is 0 Å². The molecule has 1 saturated carbocycles. The molecule has 5 nitrogen and oxygen atoms in total. The lowest BCUT2D eigenvalue weighted by molar-refractivity contribution is 0.304. The van der Waals surface area contributed by atoms with Crippen molar-refractivity contribution >= 4 is 21.4 Å². The van der Waals surface area contributed by atoms with Crippen LogP contribution in [0.5, 0.6) is 5.75 Å². The lowest BCUT2D eigenvalue weighted by atomic mass is 10.1. The number of sulfonamides is 1. The van der Waals surface area contributed by atoms with Gasteiger partial charge in [-0.15, -0.1) is 11.3 Å². The first-order chi connectivity index (χ1) is 14.3. The first kappa shape index (κ1) is 21.0. The van der Waals surface area contributed by atoms with Gasteiger partial charge in [-0.25, -0.2) is 13.4 Å². The third-order valence-corrected chi connectivity index (χ3v) is 7.84. The molecule has 0 spiro atoms. The van der Waals surface area contributed by atoms with Crippen LogP contribution in [0.25, 0.3) is 0 Å². The Labute approximate surface area is 182 Å². The maximum absolute atomic E-state index is 13.2. The van der Waals surface area contributed by atoms with E-state index in [0.29, 0.717) is 18.0 Å². The molecule has 0 bridgehead atoms. The number of thiazole rings is 1. The Morgan fingerprint density at radius 1 is 1.03 bits per heavy atom. The number of aromatic nitrogens is 1. The van der Waals surface area contributed by atoms with E-state index in [0.717, 1.165) is 46.0 Å². The maximum atomic E-state index is 13.2. The topological polar surface area (TPSA) is 59.5 Å². The molecule has 2 aromatic carbocycles. The molecule has 158 valence electrons. The van der Waals surface area contributed by atoms with Gasteiger partial charge in [0.25, 0.3) is 0 Å². The molecule has 7 heteroatoms. The van der Waals surface area contributed by atoms with Crippen LogP contribution in [0.15, 0.2) is 52.7 Å². The van der Waals surface area contributed by atoms with E-state index in [1.807, 2.05) is 50.4 Å². The van der Waals surface area contributed by atoms with Gasteiger partial charge in [-0.05, 0) is 69.0 Å². The number of hydrogen-bond acceptors (Lipinski definition) is 5. The van der Waals surface area contributed by atoms with Crippen molar-refractivity contribution in [1.29, 1.82) is 0 Å². The second-order valence-electron chi connectivity index (χ2n) is 7.94. The smallest absolute Gasteiger partial charge is 0.243 e. The van der Waals surface area contributed by atoms with Gasteiger partial charge in [0.15, 0.2) is 0 Å². The van der Waals surface area contributed by atoms with E-state index in [-0.39, 0.29) is 6.04 Å². The Bertz CT molecular complexity index is 1110. The summed E-state index contributed by atoms with van der Waals surface area (Å²) >= 11 is 1.50. The Balaban J connectivity index is 1.46. The van der Waals surface area contributed by atoms with Crippen LogP contribution >= 0.6 is 11.3 Å². The van der Waals surface area contributed by atoms with Gasteiger partial charge in [-0.3, -0.25) is 0 Å². The molecule has 0 saturated heterocycles. The van der Waals surface area contributed by atoms with Crippen molar-refractivity contribution in [1.82, 2.24) is 9.29 Å². The molecule has 3 aromatic rings. The molecule has 1 aliphatic carbocycles. The average Bonchev–Trinajstić information content (AvgIpc) is 3.42. The van der Waals surface area contributed by atoms with E-state index in [2.05, 4.69) is 11.1 Å². The first-order valence-corrected chi connectivity index (χ1v) is 12.4. The zero-order valence-corrected chi connectivity index (χ0v) is 19.1. The second-order valence-corrected chi connectivity index (χ2v) is 10.8. The van der Waals surface area contributed by atoms with Crippen LogP contribution < -0.4 is 4.74 Å². The number of ether oxygens (including phenoxy) is 1. The summed E-state index contributed by atoms with van der Waals surface area (Å²) in [5.74, 6) is 0.825. The highest BCUT2D eigenvalue weighted by Gasteiger charge is 2.38. The Kier molecular flexibility index (Phi) is 5.95.